The van der Waals surface area contributed by atoms with Gasteiger partial charge in [0.15, 0.2) is 0 Å². The van der Waals surface area contributed by atoms with Gasteiger partial charge < -0.3 is 5.32 Å². The van der Waals surface area contributed by atoms with Crippen LogP contribution >= 0.6 is 23.1 Å². The summed E-state index contributed by atoms with van der Waals surface area (Å²) in [7, 11) is 0. The van der Waals surface area contributed by atoms with Gasteiger partial charge in [-0.3, -0.25) is 4.98 Å². The molecule has 3 heterocycles. The van der Waals surface area contributed by atoms with Crippen LogP contribution in [0.4, 0.5) is 0 Å². The minimum Gasteiger partial charge on any atom is -0.313 e. The third-order valence-corrected chi connectivity index (χ3v) is 5.54. The average Bonchev–Trinajstić information content (AvgIpc) is 2.98. The van der Waals surface area contributed by atoms with E-state index in [2.05, 4.69) is 32.4 Å². The van der Waals surface area contributed by atoms with Crippen molar-refractivity contribution in [2.24, 2.45) is 0 Å². The van der Waals surface area contributed by atoms with Crippen LogP contribution < -0.4 is 5.32 Å². The summed E-state index contributed by atoms with van der Waals surface area (Å²) in [6.07, 6.45) is 5.50. The van der Waals surface area contributed by atoms with E-state index in [1.54, 1.807) is 11.3 Å². The topological polar surface area (TPSA) is 37.8 Å². The third kappa shape index (κ3) is 3.81. The summed E-state index contributed by atoms with van der Waals surface area (Å²) in [4.78, 5) is 9.02. The number of aromatic nitrogens is 2. The molecule has 20 heavy (non-hydrogen) atoms. The van der Waals surface area contributed by atoms with Crippen LogP contribution in [0.15, 0.2) is 29.8 Å². The Labute approximate surface area is 128 Å². The molecule has 0 aromatic carbocycles. The van der Waals surface area contributed by atoms with Crippen molar-refractivity contribution in [1.82, 2.24) is 15.3 Å². The summed E-state index contributed by atoms with van der Waals surface area (Å²) in [5.74, 6) is 2.59. The van der Waals surface area contributed by atoms with Crippen molar-refractivity contribution in [2.45, 2.75) is 25.3 Å². The summed E-state index contributed by atoms with van der Waals surface area (Å²) in [5.41, 5.74) is 1.96. The first-order valence-electron chi connectivity index (χ1n) is 7.09. The second-order valence-corrected chi connectivity index (χ2v) is 7.05. The van der Waals surface area contributed by atoms with E-state index in [1.807, 2.05) is 24.4 Å². The lowest BCUT2D eigenvalue weighted by Crippen LogP contribution is -2.35. The Kier molecular flexibility index (Phi) is 5.06. The van der Waals surface area contributed by atoms with Crippen molar-refractivity contribution in [3.8, 4) is 11.4 Å². The molecule has 0 amide bonds. The number of pyridine rings is 1. The zero-order valence-corrected chi connectivity index (χ0v) is 13.1. The molecule has 1 fully saturated rings. The number of rotatable bonds is 5. The van der Waals surface area contributed by atoms with Crippen molar-refractivity contribution in [1.29, 1.82) is 0 Å². The fourth-order valence-corrected chi connectivity index (χ4v) is 4.24. The smallest absolute Gasteiger partial charge is 0.0998 e. The van der Waals surface area contributed by atoms with Crippen LogP contribution in [0, 0.1) is 0 Å². The minimum absolute atomic E-state index is 0.698. The van der Waals surface area contributed by atoms with Crippen molar-refractivity contribution in [2.75, 3.05) is 18.1 Å². The standard InChI is InChI=1S/C15H19N3S2/c1-2-7-17-13(5-1)14-11-20-15(18-14)6-8-16-12-4-3-9-19-10-12/h1-2,5,7,11-12,16H,3-4,6,8-10H2/t12-/m1/s1. The molecule has 1 aliphatic rings. The first kappa shape index (κ1) is 14.0. The lowest BCUT2D eigenvalue weighted by Gasteiger charge is -2.22. The molecule has 2 aromatic rings. The lowest BCUT2D eigenvalue weighted by molar-refractivity contribution is 0.511. The zero-order chi connectivity index (χ0) is 13.6. The normalized spacial score (nSPS) is 19.1. The Bertz CT molecular complexity index is 521. The van der Waals surface area contributed by atoms with E-state index in [9.17, 15) is 0 Å². The number of nitrogens with one attached hydrogen (secondary N) is 1. The van der Waals surface area contributed by atoms with Gasteiger partial charge in [0.05, 0.1) is 16.4 Å². The SMILES string of the molecule is c1ccc(-c2csc(CCN[C@@H]3CCCSC3)n2)nc1. The average molecular weight is 305 g/mol. The van der Waals surface area contributed by atoms with Gasteiger partial charge >= 0.3 is 0 Å². The highest BCUT2D eigenvalue weighted by Crippen LogP contribution is 2.20. The van der Waals surface area contributed by atoms with E-state index in [0.717, 1.165) is 24.4 Å². The molecule has 1 aliphatic heterocycles. The van der Waals surface area contributed by atoms with E-state index >= 15 is 0 Å². The third-order valence-electron chi connectivity index (χ3n) is 3.41. The highest BCUT2D eigenvalue weighted by Gasteiger charge is 2.13. The predicted molar refractivity (Wildman–Crippen MR) is 87.4 cm³/mol. The Balaban J connectivity index is 1.50. The first-order valence-corrected chi connectivity index (χ1v) is 9.12. The highest BCUT2D eigenvalue weighted by atomic mass is 32.2. The summed E-state index contributed by atoms with van der Waals surface area (Å²) in [6.45, 7) is 1.03. The fourth-order valence-electron chi connectivity index (χ4n) is 2.34. The van der Waals surface area contributed by atoms with Gasteiger partial charge in [-0.1, -0.05) is 6.07 Å². The van der Waals surface area contributed by atoms with E-state index in [1.165, 1.54) is 29.4 Å². The molecule has 5 heteroatoms. The van der Waals surface area contributed by atoms with E-state index in [-0.39, 0.29) is 0 Å². The van der Waals surface area contributed by atoms with Crippen LogP contribution in [-0.2, 0) is 6.42 Å². The fraction of sp³-hybridized carbons (Fsp3) is 0.467. The summed E-state index contributed by atoms with van der Waals surface area (Å²) >= 11 is 3.80. The van der Waals surface area contributed by atoms with Crippen molar-refractivity contribution in [3.63, 3.8) is 0 Å². The van der Waals surface area contributed by atoms with Crippen LogP contribution in [0.3, 0.4) is 0 Å². The van der Waals surface area contributed by atoms with Gasteiger partial charge in [-0.25, -0.2) is 4.98 Å². The van der Waals surface area contributed by atoms with Crippen molar-refractivity contribution >= 4 is 23.1 Å². The van der Waals surface area contributed by atoms with E-state index < -0.39 is 0 Å². The largest absolute Gasteiger partial charge is 0.313 e. The maximum Gasteiger partial charge on any atom is 0.0998 e. The molecular formula is C15H19N3S2. The zero-order valence-electron chi connectivity index (χ0n) is 11.4. The van der Waals surface area contributed by atoms with Gasteiger partial charge in [-0.05, 0) is 30.7 Å². The molecule has 0 aliphatic carbocycles. The lowest BCUT2D eigenvalue weighted by atomic mass is 10.2. The summed E-state index contributed by atoms with van der Waals surface area (Å²) in [5, 5.41) is 6.95. The molecule has 3 rings (SSSR count). The molecule has 0 spiro atoms. The molecule has 0 radical (unpaired) electrons. The molecule has 1 atom stereocenters. The van der Waals surface area contributed by atoms with Gasteiger partial charge in [0.2, 0.25) is 0 Å². The molecule has 1 N–H and O–H groups in total. The van der Waals surface area contributed by atoms with Gasteiger partial charge in [0, 0.05) is 36.3 Å². The molecule has 0 bridgehead atoms. The molecule has 0 unspecified atom stereocenters. The second-order valence-electron chi connectivity index (χ2n) is 4.96. The Morgan fingerprint density at radius 2 is 2.30 bits per heavy atom. The predicted octanol–water partition coefficient (Wildman–Crippen LogP) is 3.23. The van der Waals surface area contributed by atoms with Crippen LogP contribution in [0.2, 0.25) is 0 Å². The van der Waals surface area contributed by atoms with Crippen molar-refractivity contribution in [3.05, 3.63) is 34.8 Å². The maximum absolute atomic E-state index is 4.67. The Morgan fingerprint density at radius 3 is 3.10 bits per heavy atom. The molecule has 1 saturated heterocycles. The highest BCUT2D eigenvalue weighted by molar-refractivity contribution is 7.99. The van der Waals surface area contributed by atoms with Gasteiger partial charge in [0.25, 0.3) is 0 Å². The minimum atomic E-state index is 0.698. The molecule has 106 valence electrons. The monoisotopic (exact) mass is 305 g/mol. The van der Waals surface area contributed by atoms with E-state index in [0.29, 0.717) is 6.04 Å². The van der Waals surface area contributed by atoms with E-state index in [4.69, 9.17) is 0 Å². The molecule has 3 nitrogen and oxygen atoms in total. The Morgan fingerprint density at radius 1 is 1.30 bits per heavy atom. The molecule has 2 aromatic heterocycles. The van der Waals surface area contributed by atoms with Crippen LogP contribution in [0.1, 0.15) is 17.8 Å². The van der Waals surface area contributed by atoms with Gasteiger partial charge in [0.1, 0.15) is 0 Å². The number of thiazole rings is 1. The summed E-state index contributed by atoms with van der Waals surface area (Å²) in [6, 6.07) is 6.65. The number of hydrogen-bond donors (Lipinski definition) is 1. The number of nitrogens with zero attached hydrogens (tertiary/aromatic N) is 2. The number of thioether (sulfide) groups is 1. The first-order chi connectivity index (χ1) is 9.92. The van der Waals surface area contributed by atoms with Crippen LogP contribution in [-0.4, -0.2) is 34.1 Å². The van der Waals surface area contributed by atoms with Gasteiger partial charge in [-0.15, -0.1) is 11.3 Å². The van der Waals surface area contributed by atoms with Gasteiger partial charge in [-0.2, -0.15) is 11.8 Å². The molecular weight excluding hydrogens is 286 g/mol. The molecule has 0 saturated carbocycles. The number of hydrogen-bond acceptors (Lipinski definition) is 5. The van der Waals surface area contributed by atoms with Crippen LogP contribution in [0.5, 0.6) is 0 Å². The Hall–Kier alpha value is -0.910. The quantitative estimate of drug-likeness (QED) is 0.920. The summed E-state index contributed by atoms with van der Waals surface area (Å²) < 4.78 is 0. The maximum atomic E-state index is 4.67. The van der Waals surface area contributed by atoms with Crippen LogP contribution in [0.25, 0.3) is 11.4 Å². The second kappa shape index (κ2) is 7.20. The van der Waals surface area contributed by atoms with Crippen molar-refractivity contribution < 1.29 is 0 Å².